The molecule has 1 atom stereocenters. The van der Waals surface area contributed by atoms with Crippen LogP contribution in [0.2, 0.25) is 0 Å². The van der Waals surface area contributed by atoms with Crippen LogP contribution >= 0.6 is 0 Å². The number of anilines is 1. The Labute approximate surface area is 101 Å². The summed E-state index contributed by atoms with van der Waals surface area (Å²) in [5, 5.41) is 0. The van der Waals surface area contributed by atoms with Crippen LogP contribution in [0.1, 0.15) is 18.9 Å². The van der Waals surface area contributed by atoms with E-state index >= 15 is 0 Å². The lowest BCUT2D eigenvalue weighted by atomic mass is 10.1. The minimum Gasteiger partial charge on any atom is -0.496 e. The summed E-state index contributed by atoms with van der Waals surface area (Å²) in [5.41, 5.74) is 7.82. The average molecular weight is 234 g/mol. The number of nitrogens with zero attached hydrogens (tertiary/aromatic N) is 1. The smallest absolute Gasteiger partial charge is 0.228 e. The van der Waals surface area contributed by atoms with Crippen molar-refractivity contribution in [2.75, 3.05) is 18.6 Å². The standard InChI is InChI=1S/C13H18N2O2/c1-3-9-6-11(4-5-12(9)17-2)15-8-10(14)7-13(15)16/h4-6,10H,3,7-8,14H2,1-2H3. The second-order valence-electron chi connectivity index (χ2n) is 4.32. The van der Waals surface area contributed by atoms with Gasteiger partial charge in [-0.15, -0.1) is 0 Å². The second kappa shape index (κ2) is 4.75. The fourth-order valence-corrected chi connectivity index (χ4v) is 2.19. The monoisotopic (exact) mass is 234 g/mol. The number of hydrogen-bond acceptors (Lipinski definition) is 3. The molecule has 4 heteroatoms. The Morgan fingerprint density at radius 3 is 2.82 bits per heavy atom. The van der Waals surface area contributed by atoms with E-state index in [1.807, 2.05) is 18.2 Å². The SMILES string of the molecule is CCc1cc(N2CC(N)CC2=O)ccc1OC. The molecule has 0 bridgehead atoms. The molecule has 1 unspecified atom stereocenters. The normalized spacial score (nSPS) is 19.8. The molecule has 1 aromatic carbocycles. The van der Waals surface area contributed by atoms with Crippen molar-refractivity contribution in [1.29, 1.82) is 0 Å². The molecule has 17 heavy (non-hydrogen) atoms. The van der Waals surface area contributed by atoms with Crippen LogP contribution < -0.4 is 15.4 Å². The highest BCUT2D eigenvalue weighted by Crippen LogP contribution is 2.27. The Morgan fingerprint density at radius 2 is 2.29 bits per heavy atom. The summed E-state index contributed by atoms with van der Waals surface area (Å²) in [5.74, 6) is 0.969. The van der Waals surface area contributed by atoms with Gasteiger partial charge in [-0.05, 0) is 30.2 Å². The van der Waals surface area contributed by atoms with E-state index in [1.54, 1.807) is 12.0 Å². The molecule has 0 aromatic heterocycles. The minimum absolute atomic E-state index is 0.0466. The molecule has 0 radical (unpaired) electrons. The van der Waals surface area contributed by atoms with Crippen molar-refractivity contribution >= 4 is 11.6 Å². The number of carbonyl (C=O) groups is 1. The van der Waals surface area contributed by atoms with Crippen molar-refractivity contribution in [3.05, 3.63) is 23.8 Å². The van der Waals surface area contributed by atoms with Gasteiger partial charge in [-0.2, -0.15) is 0 Å². The molecule has 1 aromatic rings. The molecule has 1 fully saturated rings. The third-order valence-electron chi connectivity index (χ3n) is 3.11. The predicted octanol–water partition coefficient (Wildman–Crippen LogP) is 1.32. The molecule has 0 spiro atoms. The van der Waals surface area contributed by atoms with Crippen LogP contribution in [0.3, 0.4) is 0 Å². The fourth-order valence-electron chi connectivity index (χ4n) is 2.19. The molecule has 1 amide bonds. The van der Waals surface area contributed by atoms with Crippen LogP contribution in [0.4, 0.5) is 5.69 Å². The first-order chi connectivity index (χ1) is 8.15. The van der Waals surface area contributed by atoms with E-state index in [-0.39, 0.29) is 11.9 Å². The van der Waals surface area contributed by atoms with Gasteiger partial charge in [-0.1, -0.05) is 6.92 Å². The molecule has 1 heterocycles. The van der Waals surface area contributed by atoms with Crippen LogP contribution in [0.15, 0.2) is 18.2 Å². The number of rotatable bonds is 3. The van der Waals surface area contributed by atoms with Gasteiger partial charge in [-0.3, -0.25) is 4.79 Å². The number of methoxy groups -OCH3 is 1. The van der Waals surface area contributed by atoms with Crippen LogP contribution in [-0.2, 0) is 11.2 Å². The maximum absolute atomic E-state index is 11.8. The Hall–Kier alpha value is -1.55. The van der Waals surface area contributed by atoms with Gasteiger partial charge in [0.05, 0.1) is 7.11 Å². The summed E-state index contributed by atoms with van der Waals surface area (Å²) in [4.78, 5) is 13.5. The van der Waals surface area contributed by atoms with E-state index in [9.17, 15) is 4.79 Å². The summed E-state index contributed by atoms with van der Waals surface area (Å²) in [7, 11) is 1.66. The van der Waals surface area contributed by atoms with Crippen molar-refractivity contribution < 1.29 is 9.53 Å². The Balaban J connectivity index is 2.30. The number of aryl methyl sites for hydroxylation is 1. The quantitative estimate of drug-likeness (QED) is 0.858. The molecule has 1 saturated heterocycles. The van der Waals surface area contributed by atoms with Gasteiger partial charge in [-0.25, -0.2) is 0 Å². The molecule has 1 aliphatic heterocycles. The van der Waals surface area contributed by atoms with Crippen LogP contribution in [-0.4, -0.2) is 25.6 Å². The van der Waals surface area contributed by atoms with Crippen molar-refractivity contribution in [2.45, 2.75) is 25.8 Å². The lowest BCUT2D eigenvalue weighted by Crippen LogP contribution is -2.28. The van der Waals surface area contributed by atoms with Crippen molar-refractivity contribution in [1.82, 2.24) is 0 Å². The fraction of sp³-hybridized carbons (Fsp3) is 0.462. The van der Waals surface area contributed by atoms with E-state index in [2.05, 4.69) is 6.92 Å². The first kappa shape index (κ1) is 11.9. The number of ether oxygens (including phenoxy) is 1. The van der Waals surface area contributed by atoms with Gasteiger partial charge in [0, 0.05) is 24.7 Å². The van der Waals surface area contributed by atoms with E-state index < -0.39 is 0 Å². The summed E-state index contributed by atoms with van der Waals surface area (Å²) in [6.45, 7) is 2.67. The van der Waals surface area contributed by atoms with Gasteiger partial charge in [0.2, 0.25) is 5.91 Å². The number of amides is 1. The van der Waals surface area contributed by atoms with Gasteiger partial charge < -0.3 is 15.4 Å². The Kier molecular flexibility index (Phi) is 3.33. The molecule has 92 valence electrons. The van der Waals surface area contributed by atoms with E-state index in [0.717, 1.165) is 23.4 Å². The summed E-state index contributed by atoms with van der Waals surface area (Å²) < 4.78 is 5.27. The van der Waals surface area contributed by atoms with Crippen LogP contribution in [0.25, 0.3) is 0 Å². The van der Waals surface area contributed by atoms with E-state index in [1.165, 1.54) is 0 Å². The molecular formula is C13H18N2O2. The van der Waals surface area contributed by atoms with E-state index in [4.69, 9.17) is 10.5 Å². The van der Waals surface area contributed by atoms with Crippen molar-refractivity contribution in [3.63, 3.8) is 0 Å². The zero-order valence-corrected chi connectivity index (χ0v) is 10.3. The zero-order chi connectivity index (χ0) is 12.4. The van der Waals surface area contributed by atoms with Crippen molar-refractivity contribution in [2.24, 2.45) is 5.73 Å². The predicted molar refractivity (Wildman–Crippen MR) is 67.3 cm³/mol. The largest absolute Gasteiger partial charge is 0.496 e. The highest BCUT2D eigenvalue weighted by molar-refractivity contribution is 5.96. The molecule has 1 aliphatic rings. The number of benzene rings is 1. The minimum atomic E-state index is -0.0466. The first-order valence-corrected chi connectivity index (χ1v) is 5.88. The van der Waals surface area contributed by atoms with Gasteiger partial charge in [0.1, 0.15) is 5.75 Å². The Bertz CT molecular complexity index is 431. The Morgan fingerprint density at radius 1 is 1.53 bits per heavy atom. The van der Waals surface area contributed by atoms with E-state index in [0.29, 0.717) is 13.0 Å². The third-order valence-corrected chi connectivity index (χ3v) is 3.11. The average Bonchev–Trinajstić information content (AvgIpc) is 2.67. The highest BCUT2D eigenvalue weighted by atomic mass is 16.5. The number of carbonyl (C=O) groups excluding carboxylic acids is 1. The maximum Gasteiger partial charge on any atom is 0.228 e. The van der Waals surface area contributed by atoms with Gasteiger partial charge >= 0.3 is 0 Å². The molecule has 0 aliphatic carbocycles. The number of hydrogen-bond donors (Lipinski definition) is 1. The summed E-state index contributed by atoms with van der Waals surface area (Å²) in [6.07, 6.45) is 1.32. The molecule has 0 saturated carbocycles. The molecule has 2 rings (SSSR count). The zero-order valence-electron chi connectivity index (χ0n) is 10.3. The van der Waals surface area contributed by atoms with Gasteiger partial charge in [0.25, 0.3) is 0 Å². The van der Waals surface area contributed by atoms with Crippen LogP contribution in [0.5, 0.6) is 5.75 Å². The molecule has 4 nitrogen and oxygen atoms in total. The second-order valence-corrected chi connectivity index (χ2v) is 4.32. The highest BCUT2D eigenvalue weighted by Gasteiger charge is 2.28. The maximum atomic E-state index is 11.8. The van der Waals surface area contributed by atoms with Crippen LogP contribution in [0, 0.1) is 0 Å². The lowest BCUT2D eigenvalue weighted by Gasteiger charge is -2.18. The molecular weight excluding hydrogens is 216 g/mol. The topological polar surface area (TPSA) is 55.6 Å². The first-order valence-electron chi connectivity index (χ1n) is 5.88. The summed E-state index contributed by atoms with van der Waals surface area (Å²) in [6, 6.07) is 5.78. The van der Waals surface area contributed by atoms with Gasteiger partial charge in [0.15, 0.2) is 0 Å². The molecule has 2 N–H and O–H groups in total. The number of nitrogens with two attached hydrogens (primary N) is 1. The summed E-state index contributed by atoms with van der Waals surface area (Å²) >= 11 is 0. The lowest BCUT2D eigenvalue weighted by molar-refractivity contribution is -0.117. The third kappa shape index (κ3) is 2.26. The van der Waals surface area contributed by atoms with Crippen molar-refractivity contribution in [3.8, 4) is 5.75 Å².